The van der Waals surface area contributed by atoms with Gasteiger partial charge in [0, 0.05) is 24.0 Å². The molecule has 0 saturated heterocycles. The van der Waals surface area contributed by atoms with Crippen molar-refractivity contribution in [2.75, 3.05) is 20.6 Å². The summed E-state index contributed by atoms with van der Waals surface area (Å²) < 4.78 is 0. The van der Waals surface area contributed by atoms with Crippen LogP contribution in [0, 0.1) is 0 Å². The van der Waals surface area contributed by atoms with Crippen LogP contribution in [0.3, 0.4) is 0 Å². The minimum atomic E-state index is 0.511. The lowest BCUT2D eigenvalue weighted by Gasteiger charge is -2.17. The van der Waals surface area contributed by atoms with Gasteiger partial charge >= 0.3 is 0 Å². The van der Waals surface area contributed by atoms with Crippen molar-refractivity contribution in [2.45, 2.75) is 19.5 Å². The Morgan fingerprint density at radius 1 is 1.16 bits per heavy atom. The summed E-state index contributed by atoms with van der Waals surface area (Å²) in [6.45, 7) is 4.25. The van der Waals surface area contributed by atoms with Crippen LogP contribution < -0.4 is 5.32 Å². The Morgan fingerprint density at radius 2 is 1.89 bits per heavy atom. The summed E-state index contributed by atoms with van der Waals surface area (Å²) >= 11 is 1.83. The number of likely N-dealkylation sites (N-methyl/N-ethyl adjacent to an activating group) is 1. The van der Waals surface area contributed by atoms with Crippen LogP contribution in [0.5, 0.6) is 0 Å². The van der Waals surface area contributed by atoms with Crippen molar-refractivity contribution in [3.05, 3.63) is 46.7 Å². The van der Waals surface area contributed by atoms with Crippen molar-refractivity contribution in [3.63, 3.8) is 0 Å². The minimum Gasteiger partial charge on any atom is -0.308 e. The van der Waals surface area contributed by atoms with E-state index in [0.717, 1.165) is 13.1 Å². The molecule has 1 N–H and O–H groups in total. The molecule has 1 aromatic heterocycles. The highest BCUT2D eigenvalue weighted by Gasteiger charge is 2.05. The van der Waals surface area contributed by atoms with Gasteiger partial charge in [-0.05, 0) is 43.6 Å². The number of benzene rings is 1. The van der Waals surface area contributed by atoms with E-state index >= 15 is 0 Å². The van der Waals surface area contributed by atoms with Crippen molar-refractivity contribution in [1.82, 2.24) is 10.2 Å². The summed E-state index contributed by atoms with van der Waals surface area (Å²) in [6.07, 6.45) is 0. The Kier molecular flexibility index (Phi) is 5.14. The van der Waals surface area contributed by atoms with E-state index in [4.69, 9.17) is 0 Å². The maximum atomic E-state index is 3.56. The van der Waals surface area contributed by atoms with Gasteiger partial charge in [-0.2, -0.15) is 0 Å². The lowest BCUT2D eigenvalue weighted by molar-refractivity contribution is 0.349. The van der Waals surface area contributed by atoms with Gasteiger partial charge < -0.3 is 10.2 Å². The third kappa shape index (κ3) is 4.46. The molecule has 2 nitrogen and oxygen atoms in total. The van der Waals surface area contributed by atoms with Gasteiger partial charge in [0.15, 0.2) is 0 Å². The largest absolute Gasteiger partial charge is 0.308 e. The van der Waals surface area contributed by atoms with Gasteiger partial charge in [-0.15, -0.1) is 11.3 Å². The fourth-order valence-electron chi connectivity index (χ4n) is 2.14. The zero-order valence-corrected chi connectivity index (χ0v) is 12.7. The average molecular weight is 274 g/mol. The molecule has 3 heteroatoms. The Balaban J connectivity index is 1.91. The lowest BCUT2D eigenvalue weighted by atomic mass is 10.1. The van der Waals surface area contributed by atoms with E-state index in [1.807, 2.05) is 11.3 Å². The number of nitrogens with zero attached hydrogens (tertiary/aromatic N) is 1. The lowest BCUT2D eigenvalue weighted by Crippen LogP contribution is -2.35. The van der Waals surface area contributed by atoms with Crippen LogP contribution in [0.2, 0.25) is 0 Å². The molecular formula is C16H22N2S. The van der Waals surface area contributed by atoms with E-state index in [0.29, 0.717) is 6.04 Å². The molecule has 0 aliphatic heterocycles. The predicted octanol–water partition coefficient (Wildman–Crippen LogP) is 3.45. The maximum Gasteiger partial charge on any atom is 0.0302 e. The van der Waals surface area contributed by atoms with Crippen LogP contribution in [0.4, 0.5) is 0 Å². The second-order valence-electron chi connectivity index (χ2n) is 5.21. The number of hydrogen-bond acceptors (Lipinski definition) is 3. The topological polar surface area (TPSA) is 15.3 Å². The first kappa shape index (κ1) is 14.3. The minimum absolute atomic E-state index is 0.511. The first-order valence-corrected chi connectivity index (χ1v) is 7.54. The molecule has 2 rings (SSSR count). The molecule has 0 radical (unpaired) electrons. The highest BCUT2D eigenvalue weighted by Crippen LogP contribution is 2.25. The van der Waals surface area contributed by atoms with E-state index in [1.54, 1.807) is 0 Å². The van der Waals surface area contributed by atoms with Crippen LogP contribution in [-0.4, -0.2) is 31.6 Å². The molecule has 0 saturated carbocycles. The molecule has 0 spiro atoms. The monoisotopic (exact) mass is 274 g/mol. The van der Waals surface area contributed by atoms with Crippen LogP contribution in [0.15, 0.2) is 41.8 Å². The Labute approximate surface area is 120 Å². The molecule has 1 unspecified atom stereocenters. The highest BCUT2D eigenvalue weighted by molar-refractivity contribution is 7.10. The van der Waals surface area contributed by atoms with E-state index in [1.165, 1.54) is 16.0 Å². The molecule has 0 fully saturated rings. The molecule has 1 heterocycles. The summed E-state index contributed by atoms with van der Waals surface area (Å²) in [5.74, 6) is 0. The number of thiophene rings is 1. The number of nitrogens with one attached hydrogen (secondary N) is 1. The summed E-state index contributed by atoms with van der Waals surface area (Å²) in [5, 5.41) is 5.80. The highest BCUT2D eigenvalue weighted by atomic mass is 32.1. The van der Waals surface area contributed by atoms with Crippen molar-refractivity contribution in [2.24, 2.45) is 0 Å². The van der Waals surface area contributed by atoms with Crippen LogP contribution >= 0.6 is 11.3 Å². The van der Waals surface area contributed by atoms with Gasteiger partial charge in [-0.3, -0.25) is 0 Å². The molecular weight excluding hydrogens is 252 g/mol. The van der Waals surface area contributed by atoms with E-state index in [2.05, 4.69) is 73.0 Å². The SMILES string of the molecule is CC(CN(C)C)NCc1cc(-c2ccccc2)cs1. The summed E-state index contributed by atoms with van der Waals surface area (Å²) in [4.78, 5) is 3.60. The third-order valence-electron chi connectivity index (χ3n) is 3.02. The summed E-state index contributed by atoms with van der Waals surface area (Å²) in [6, 6.07) is 13.4. The molecule has 0 aliphatic carbocycles. The predicted molar refractivity (Wildman–Crippen MR) is 84.6 cm³/mol. The van der Waals surface area contributed by atoms with Gasteiger partial charge in [0.1, 0.15) is 0 Å². The van der Waals surface area contributed by atoms with Crippen molar-refractivity contribution in [3.8, 4) is 11.1 Å². The van der Waals surface area contributed by atoms with Crippen LogP contribution in [0.1, 0.15) is 11.8 Å². The van der Waals surface area contributed by atoms with Gasteiger partial charge in [0.2, 0.25) is 0 Å². The molecule has 1 atom stereocenters. The van der Waals surface area contributed by atoms with Gasteiger partial charge in [-0.25, -0.2) is 0 Å². The van der Waals surface area contributed by atoms with Crippen molar-refractivity contribution >= 4 is 11.3 Å². The second-order valence-corrected chi connectivity index (χ2v) is 6.21. The first-order chi connectivity index (χ1) is 9.15. The number of rotatable bonds is 6. The average Bonchev–Trinajstić information content (AvgIpc) is 2.85. The van der Waals surface area contributed by atoms with E-state index < -0.39 is 0 Å². The van der Waals surface area contributed by atoms with E-state index in [9.17, 15) is 0 Å². The number of hydrogen-bond donors (Lipinski definition) is 1. The Bertz CT molecular complexity index is 490. The zero-order valence-electron chi connectivity index (χ0n) is 11.9. The van der Waals surface area contributed by atoms with Crippen molar-refractivity contribution in [1.29, 1.82) is 0 Å². The summed E-state index contributed by atoms with van der Waals surface area (Å²) in [5.41, 5.74) is 2.62. The van der Waals surface area contributed by atoms with Crippen LogP contribution in [0.25, 0.3) is 11.1 Å². The van der Waals surface area contributed by atoms with Gasteiger partial charge in [0.25, 0.3) is 0 Å². The zero-order chi connectivity index (χ0) is 13.7. The third-order valence-corrected chi connectivity index (χ3v) is 3.96. The Hall–Kier alpha value is -1.16. The molecule has 1 aromatic carbocycles. The molecule has 19 heavy (non-hydrogen) atoms. The fourth-order valence-corrected chi connectivity index (χ4v) is 2.99. The van der Waals surface area contributed by atoms with Gasteiger partial charge in [0.05, 0.1) is 0 Å². The quantitative estimate of drug-likeness (QED) is 0.868. The molecule has 2 aromatic rings. The molecule has 102 valence electrons. The molecule has 0 amide bonds. The second kappa shape index (κ2) is 6.85. The normalized spacial score (nSPS) is 12.8. The Morgan fingerprint density at radius 3 is 2.58 bits per heavy atom. The maximum absolute atomic E-state index is 3.56. The first-order valence-electron chi connectivity index (χ1n) is 6.66. The smallest absolute Gasteiger partial charge is 0.0302 e. The van der Waals surface area contributed by atoms with Crippen molar-refractivity contribution < 1.29 is 0 Å². The fraction of sp³-hybridized carbons (Fsp3) is 0.375. The summed E-state index contributed by atoms with van der Waals surface area (Å²) in [7, 11) is 4.22. The van der Waals surface area contributed by atoms with E-state index in [-0.39, 0.29) is 0 Å². The standard InChI is InChI=1S/C16H22N2S/c1-13(11-18(2)3)17-10-16-9-15(12-19-16)14-7-5-4-6-8-14/h4-9,12-13,17H,10-11H2,1-3H3. The molecule has 0 bridgehead atoms. The molecule has 0 aliphatic rings. The van der Waals surface area contributed by atoms with Crippen LogP contribution in [-0.2, 0) is 6.54 Å². The van der Waals surface area contributed by atoms with Gasteiger partial charge in [-0.1, -0.05) is 30.3 Å².